The van der Waals surface area contributed by atoms with E-state index < -0.39 is 10.2 Å². The van der Waals surface area contributed by atoms with Crippen molar-refractivity contribution in [1.29, 1.82) is 0 Å². The first-order valence-corrected chi connectivity index (χ1v) is 10.8. The molecule has 1 unspecified atom stereocenters. The average Bonchev–Trinajstić information content (AvgIpc) is 2.68. The van der Waals surface area contributed by atoms with E-state index in [4.69, 9.17) is 4.74 Å². The Morgan fingerprint density at radius 2 is 1.68 bits per heavy atom. The molecular formula is C16H30N4O4S. The van der Waals surface area contributed by atoms with Crippen molar-refractivity contribution in [3.05, 3.63) is 0 Å². The standard InChI is InChI=1S/C16H30N4O4S/c1-2-17-6-8-18(9-7-17)16(21)15-4-3-5-20(14-15)25(22,23)19-10-12-24-13-11-19/h15H,2-14H2,1H3. The second-order valence-corrected chi connectivity index (χ2v) is 8.90. The Bertz CT molecular complexity index is 556. The van der Waals surface area contributed by atoms with Crippen molar-refractivity contribution in [2.24, 2.45) is 5.92 Å². The van der Waals surface area contributed by atoms with E-state index in [1.54, 1.807) is 0 Å². The fraction of sp³-hybridized carbons (Fsp3) is 0.938. The molecule has 9 heteroatoms. The summed E-state index contributed by atoms with van der Waals surface area (Å²) in [5, 5.41) is 0. The number of rotatable bonds is 4. The Balaban J connectivity index is 1.60. The van der Waals surface area contributed by atoms with Crippen LogP contribution >= 0.6 is 0 Å². The Labute approximate surface area is 150 Å². The van der Waals surface area contributed by atoms with Gasteiger partial charge in [0.05, 0.1) is 19.1 Å². The first-order valence-electron chi connectivity index (χ1n) is 9.36. The number of hydrogen-bond donors (Lipinski definition) is 0. The van der Waals surface area contributed by atoms with Crippen molar-refractivity contribution in [3.8, 4) is 0 Å². The van der Waals surface area contributed by atoms with Crippen LogP contribution < -0.4 is 0 Å². The highest BCUT2D eigenvalue weighted by molar-refractivity contribution is 7.86. The van der Waals surface area contributed by atoms with Gasteiger partial charge in [-0.1, -0.05) is 6.92 Å². The van der Waals surface area contributed by atoms with Crippen LogP contribution in [0.4, 0.5) is 0 Å². The summed E-state index contributed by atoms with van der Waals surface area (Å²) < 4.78 is 33.9. The van der Waals surface area contributed by atoms with Crippen LogP contribution in [-0.2, 0) is 19.7 Å². The average molecular weight is 375 g/mol. The maximum Gasteiger partial charge on any atom is 0.282 e. The van der Waals surface area contributed by atoms with E-state index in [0.29, 0.717) is 39.4 Å². The minimum atomic E-state index is -3.49. The molecule has 0 bridgehead atoms. The van der Waals surface area contributed by atoms with Gasteiger partial charge in [0.1, 0.15) is 0 Å². The SMILES string of the molecule is CCN1CCN(C(=O)C2CCCN(S(=O)(=O)N3CCOCC3)C2)CC1. The molecule has 0 aromatic rings. The van der Waals surface area contributed by atoms with Crippen LogP contribution in [0, 0.1) is 5.92 Å². The third-order valence-corrected chi connectivity index (χ3v) is 7.49. The van der Waals surface area contributed by atoms with Gasteiger partial charge in [0, 0.05) is 52.4 Å². The van der Waals surface area contributed by atoms with Crippen molar-refractivity contribution in [3.63, 3.8) is 0 Å². The molecule has 0 radical (unpaired) electrons. The van der Waals surface area contributed by atoms with E-state index in [-0.39, 0.29) is 11.8 Å². The lowest BCUT2D eigenvalue weighted by atomic mass is 9.98. The quantitative estimate of drug-likeness (QED) is 0.660. The number of likely N-dealkylation sites (N-methyl/N-ethyl adjacent to an activating group) is 1. The normalized spacial score (nSPS) is 28.2. The highest BCUT2D eigenvalue weighted by Gasteiger charge is 2.38. The molecule has 3 aliphatic rings. The Hall–Kier alpha value is -0.740. The summed E-state index contributed by atoms with van der Waals surface area (Å²) in [6, 6.07) is 0. The van der Waals surface area contributed by atoms with Crippen LogP contribution in [0.3, 0.4) is 0 Å². The molecule has 8 nitrogen and oxygen atoms in total. The van der Waals surface area contributed by atoms with Gasteiger partial charge in [-0.2, -0.15) is 17.0 Å². The smallest absolute Gasteiger partial charge is 0.282 e. The minimum absolute atomic E-state index is 0.123. The monoisotopic (exact) mass is 374 g/mol. The molecule has 144 valence electrons. The van der Waals surface area contributed by atoms with Gasteiger partial charge in [-0.25, -0.2) is 0 Å². The molecule has 1 atom stereocenters. The summed E-state index contributed by atoms with van der Waals surface area (Å²) in [5.74, 6) is -0.0876. The van der Waals surface area contributed by atoms with Gasteiger partial charge in [-0.15, -0.1) is 0 Å². The van der Waals surface area contributed by atoms with E-state index in [1.807, 2.05) is 4.90 Å². The first-order chi connectivity index (χ1) is 12.0. The van der Waals surface area contributed by atoms with E-state index in [1.165, 1.54) is 8.61 Å². The van der Waals surface area contributed by atoms with Crippen LogP contribution in [0.1, 0.15) is 19.8 Å². The molecular weight excluding hydrogens is 344 g/mol. The molecule has 1 amide bonds. The van der Waals surface area contributed by atoms with Gasteiger partial charge in [0.2, 0.25) is 5.91 Å². The Kier molecular flexibility index (Phi) is 6.32. The van der Waals surface area contributed by atoms with E-state index in [2.05, 4.69) is 11.8 Å². The number of piperidine rings is 1. The van der Waals surface area contributed by atoms with Crippen molar-refractivity contribution >= 4 is 16.1 Å². The lowest BCUT2D eigenvalue weighted by Gasteiger charge is -2.39. The maximum absolute atomic E-state index is 12.8. The molecule has 3 saturated heterocycles. The molecule has 3 heterocycles. The van der Waals surface area contributed by atoms with Crippen LogP contribution in [-0.4, -0.2) is 105 Å². The zero-order valence-electron chi connectivity index (χ0n) is 15.1. The Morgan fingerprint density at radius 1 is 1.00 bits per heavy atom. The molecule has 3 aliphatic heterocycles. The van der Waals surface area contributed by atoms with Crippen molar-refractivity contribution in [2.45, 2.75) is 19.8 Å². The predicted octanol–water partition coefficient (Wildman–Crippen LogP) is -0.560. The second kappa shape index (κ2) is 8.30. The highest BCUT2D eigenvalue weighted by atomic mass is 32.2. The molecule has 0 saturated carbocycles. The van der Waals surface area contributed by atoms with Crippen molar-refractivity contribution in [1.82, 2.24) is 18.4 Å². The van der Waals surface area contributed by atoms with Gasteiger partial charge in [0.15, 0.2) is 0 Å². The molecule has 0 aliphatic carbocycles. The lowest BCUT2D eigenvalue weighted by molar-refractivity contribution is -0.138. The number of hydrogen-bond acceptors (Lipinski definition) is 5. The number of piperazine rings is 1. The summed E-state index contributed by atoms with van der Waals surface area (Å²) in [7, 11) is -3.49. The van der Waals surface area contributed by atoms with E-state index >= 15 is 0 Å². The number of morpholine rings is 1. The van der Waals surface area contributed by atoms with E-state index in [0.717, 1.165) is 45.6 Å². The van der Waals surface area contributed by atoms with Gasteiger partial charge in [-0.05, 0) is 19.4 Å². The molecule has 0 aromatic heterocycles. The zero-order valence-corrected chi connectivity index (χ0v) is 15.9. The third-order valence-electron chi connectivity index (χ3n) is 5.49. The zero-order chi connectivity index (χ0) is 17.9. The summed E-state index contributed by atoms with van der Waals surface area (Å²) in [4.78, 5) is 17.1. The van der Waals surface area contributed by atoms with Crippen LogP contribution in [0.25, 0.3) is 0 Å². The predicted molar refractivity (Wildman–Crippen MR) is 94.3 cm³/mol. The van der Waals surface area contributed by atoms with Crippen LogP contribution in [0.5, 0.6) is 0 Å². The fourth-order valence-corrected chi connectivity index (χ4v) is 5.50. The number of carbonyl (C=O) groups excluding carboxylic acids is 1. The summed E-state index contributed by atoms with van der Waals surface area (Å²) in [6.45, 7) is 8.96. The lowest BCUT2D eigenvalue weighted by Crippen LogP contribution is -2.55. The second-order valence-electron chi connectivity index (χ2n) is 6.98. The number of nitrogens with zero attached hydrogens (tertiary/aromatic N) is 4. The molecule has 0 N–H and O–H groups in total. The largest absolute Gasteiger partial charge is 0.379 e. The third kappa shape index (κ3) is 4.33. The topological polar surface area (TPSA) is 73.4 Å². The fourth-order valence-electron chi connectivity index (χ4n) is 3.84. The summed E-state index contributed by atoms with van der Waals surface area (Å²) in [6.07, 6.45) is 1.52. The molecule has 25 heavy (non-hydrogen) atoms. The molecule has 0 aromatic carbocycles. The van der Waals surface area contributed by atoms with Gasteiger partial charge < -0.3 is 14.5 Å². The molecule has 3 fully saturated rings. The summed E-state index contributed by atoms with van der Waals surface area (Å²) in [5.41, 5.74) is 0. The number of amides is 1. The molecule has 3 rings (SSSR count). The van der Waals surface area contributed by atoms with E-state index in [9.17, 15) is 13.2 Å². The van der Waals surface area contributed by atoms with Gasteiger partial charge in [-0.3, -0.25) is 4.79 Å². The minimum Gasteiger partial charge on any atom is -0.379 e. The molecule has 0 spiro atoms. The number of carbonyl (C=O) groups is 1. The number of ether oxygens (including phenoxy) is 1. The van der Waals surface area contributed by atoms with Gasteiger partial charge in [0.25, 0.3) is 10.2 Å². The van der Waals surface area contributed by atoms with Crippen LogP contribution in [0.2, 0.25) is 0 Å². The first kappa shape index (κ1) is 19.0. The summed E-state index contributed by atoms with van der Waals surface area (Å²) >= 11 is 0. The Morgan fingerprint density at radius 3 is 2.32 bits per heavy atom. The maximum atomic E-state index is 12.8. The van der Waals surface area contributed by atoms with Crippen molar-refractivity contribution in [2.75, 3.05) is 72.1 Å². The highest BCUT2D eigenvalue weighted by Crippen LogP contribution is 2.24. The van der Waals surface area contributed by atoms with Crippen molar-refractivity contribution < 1.29 is 17.9 Å². The van der Waals surface area contributed by atoms with Gasteiger partial charge >= 0.3 is 0 Å². The van der Waals surface area contributed by atoms with Crippen LogP contribution in [0.15, 0.2) is 0 Å².